The van der Waals surface area contributed by atoms with Crippen LogP contribution in [0, 0.1) is 10.8 Å². The second-order valence-electron chi connectivity index (χ2n) is 9.11. The van der Waals surface area contributed by atoms with Crippen molar-refractivity contribution < 1.29 is 23.8 Å². The van der Waals surface area contributed by atoms with Gasteiger partial charge in [0.15, 0.2) is 5.78 Å². The molecule has 0 unspecified atom stereocenters. The molecule has 1 heterocycles. The molecular formula is C20H36N4O5. The van der Waals surface area contributed by atoms with E-state index in [0.29, 0.717) is 38.7 Å². The van der Waals surface area contributed by atoms with E-state index in [4.69, 9.17) is 14.2 Å². The van der Waals surface area contributed by atoms with E-state index in [9.17, 15) is 9.59 Å². The Bertz CT molecular complexity index is 632. The minimum Gasteiger partial charge on any atom is -0.450 e. The fourth-order valence-corrected chi connectivity index (χ4v) is 1.95. The second-order valence-corrected chi connectivity index (χ2v) is 9.11. The smallest absolute Gasteiger partial charge is 0.407 e. The van der Waals surface area contributed by atoms with Crippen LogP contribution in [0.5, 0.6) is 0 Å². The van der Waals surface area contributed by atoms with Crippen LogP contribution in [0.3, 0.4) is 0 Å². The lowest BCUT2D eigenvalue weighted by Crippen LogP contribution is -2.25. The lowest BCUT2D eigenvalue weighted by Gasteiger charge is -2.17. The van der Waals surface area contributed by atoms with Crippen molar-refractivity contribution in [2.45, 2.75) is 61.1 Å². The predicted molar refractivity (Wildman–Crippen MR) is 108 cm³/mol. The molecule has 1 rings (SSSR count). The molecule has 0 saturated heterocycles. The summed E-state index contributed by atoms with van der Waals surface area (Å²) in [4.78, 5) is 23.4. The number of aromatic nitrogens is 3. The van der Waals surface area contributed by atoms with E-state index in [1.54, 1.807) is 10.9 Å². The van der Waals surface area contributed by atoms with Gasteiger partial charge in [0.05, 0.1) is 45.7 Å². The number of ketones is 1. The molecule has 0 aliphatic heterocycles. The Kier molecular flexibility index (Phi) is 10.2. The monoisotopic (exact) mass is 412 g/mol. The van der Waals surface area contributed by atoms with Crippen molar-refractivity contribution in [3.05, 3.63) is 11.9 Å². The summed E-state index contributed by atoms with van der Waals surface area (Å²) < 4.78 is 17.6. The van der Waals surface area contributed by atoms with Crippen LogP contribution in [-0.4, -0.2) is 59.9 Å². The van der Waals surface area contributed by atoms with Gasteiger partial charge >= 0.3 is 6.09 Å². The normalized spacial score (nSPS) is 12.1. The van der Waals surface area contributed by atoms with Crippen molar-refractivity contribution in [3.8, 4) is 0 Å². The molecule has 1 amide bonds. The van der Waals surface area contributed by atoms with Crippen molar-refractivity contribution in [1.82, 2.24) is 20.3 Å². The maximum Gasteiger partial charge on any atom is 0.407 e. The van der Waals surface area contributed by atoms with Gasteiger partial charge in [-0.1, -0.05) is 46.8 Å². The van der Waals surface area contributed by atoms with Crippen molar-refractivity contribution in [2.24, 2.45) is 10.8 Å². The first-order chi connectivity index (χ1) is 13.5. The third-order valence-corrected chi connectivity index (χ3v) is 3.99. The molecule has 9 heteroatoms. The molecule has 0 fully saturated rings. The van der Waals surface area contributed by atoms with Gasteiger partial charge in [-0.25, -0.2) is 9.48 Å². The maximum absolute atomic E-state index is 11.7. The topological polar surface area (TPSA) is 105 Å². The Morgan fingerprint density at radius 3 is 2.38 bits per heavy atom. The summed E-state index contributed by atoms with van der Waals surface area (Å²) in [5, 5.41) is 10.7. The van der Waals surface area contributed by atoms with E-state index >= 15 is 0 Å². The van der Waals surface area contributed by atoms with E-state index in [1.807, 2.05) is 20.8 Å². The van der Waals surface area contributed by atoms with Gasteiger partial charge < -0.3 is 19.5 Å². The summed E-state index contributed by atoms with van der Waals surface area (Å²) in [6.07, 6.45) is 2.09. The van der Waals surface area contributed by atoms with Crippen LogP contribution in [0.15, 0.2) is 6.20 Å². The minimum absolute atomic E-state index is 0.0688. The predicted octanol–water partition coefficient (Wildman–Crippen LogP) is 2.59. The number of hydrogen-bond donors (Lipinski definition) is 1. The zero-order chi connectivity index (χ0) is 21.9. The number of amides is 1. The molecule has 1 aromatic heterocycles. The van der Waals surface area contributed by atoms with Crippen LogP contribution >= 0.6 is 0 Å². The number of ether oxygens (including phenoxy) is 3. The molecule has 0 atom stereocenters. The van der Waals surface area contributed by atoms with Gasteiger partial charge in [0.1, 0.15) is 12.3 Å². The molecule has 0 aliphatic rings. The SMILES string of the molecule is CC(C)(C)CCOC(=O)NCc1cn(CCOCCOCC(=O)C(C)(C)C)nn1. The Hall–Kier alpha value is -2.00. The number of hydrogen-bond acceptors (Lipinski definition) is 7. The van der Waals surface area contributed by atoms with E-state index in [2.05, 4.69) is 36.4 Å². The summed E-state index contributed by atoms with van der Waals surface area (Å²) in [5.41, 5.74) is 0.381. The van der Waals surface area contributed by atoms with Gasteiger partial charge in [0.2, 0.25) is 0 Å². The number of nitrogens with zero attached hydrogens (tertiary/aromatic N) is 3. The standard InChI is InChI=1S/C20H36N4O5/c1-19(2,3)7-9-29-18(26)21-13-16-14-24(23-22-16)8-10-27-11-12-28-15-17(25)20(4,5)6/h14H,7-13,15H2,1-6H3,(H,21,26). The second kappa shape index (κ2) is 11.9. The average molecular weight is 413 g/mol. The van der Waals surface area contributed by atoms with Crippen molar-refractivity contribution in [3.63, 3.8) is 0 Å². The average Bonchev–Trinajstić information content (AvgIpc) is 3.05. The van der Waals surface area contributed by atoms with E-state index in [-0.39, 0.29) is 29.8 Å². The molecule has 0 radical (unpaired) electrons. The lowest BCUT2D eigenvalue weighted by atomic mass is 9.91. The summed E-state index contributed by atoms with van der Waals surface area (Å²) in [7, 11) is 0. The highest BCUT2D eigenvalue weighted by Crippen LogP contribution is 2.17. The van der Waals surface area contributed by atoms with Gasteiger partial charge in [-0.3, -0.25) is 4.79 Å². The zero-order valence-corrected chi connectivity index (χ0v) is 18.6. The molecule has 29 heavy (non-hydrogen) atoms. The number of nitrogens with one attached hydrogen (secondary N) is 1. The Balaban J connectivity index is 2.11. The van der Waals surface area contributed by atoms with Gasteiger partial charge in [0.25, 0.3) is 0 Å². The zero-order valence-electron chi connectivity index (χ0n) is 18.6. The molecule has 166 valence electrons. The highest BCUT2D eigenvalue weighted by molar-refractivity contribution is 5.84. The van der Waals surface area contributed by atoms with Crippen LogP contribution in [-0.2, 0) is 32.1 Å². The number of rotatable bonds is 12. The number of Topliss-reactive ketones (excluding diaryl/α,β-unsaturated/α-hetero) is 1. The fourth-order valence-electron chi connectivity index (χ4n) is 1.95. The molecule has 0 aliphatic carbocycles. The quantitative estimate of drug-likeness (QED) is 0.526. The van der Waals surface area contributed by atoms with Crippen molar-refractivity contribution in [1.29, 1.82) is 0 Å². The summed E-state index contributed by atoms with van der Waals surface area (Å²) in [6, 6.07) is 0. The number of carbonyl (C=O) groups excluding carboxylic acids is 2. The van der Waals surface area contributed by atoms with Crippen LogP contribution in [0.2, 0.25) is 0 Å². The minimum atomic E-state index is -0.461. The summed E-state index contributed by atoms with van der Waals surface area (Å²) in [5.74, 6) is 0.0688. The first-order valence-electron chi connectivity index (χ1n) is 9.96. The summed E-state index contributed by atoms with van der Waals surface area (Å²) in [6.45, 7) is 14.4. The highest BCUT2D eigenvalue weighted by atomic mass is 16.5. The van der Waals surface area contributed by atoms with Gasteiger partial charge in [-0.2, -0.15) is 0 Å². The molecule has 1 N–H and O–H groups in total. The van der Waals surface area contributed by atoms with Crippen LogP contribution in [0.25, 0.3) is 0 Å². The first-order valence-corrected chi connectivity index (χ1v) is 9.96. The van der Waals surface area contributed by atoms with Crippen molar-refractivity contribution in [2.75, 3.05) is 33.0 Å². The van der Waals surface area contributed by atoms with Gasteiger partial charge in [-0.05, 0) is 11.8 Å². The fraction of sp³-hybridized carbons (Fsp3) is 0.800. The number of alkyl carbamates (subject to hydrolysis) is 1. The highest BCUT2D eigenvalue weighted by Gasteiger charge is 2.20. The largest absolute Gasteiger partial charge is 0.450 e. The molecule has 0 spiro atoms. The van der Waals surface area contributed by atoms with Crippen LogP contribution < -0.4 is 5.32 Å². The van der Waals surface area contributed by atoms with Crippen LogP contribution in [0.4, 0.5) is 4.79 Å². The van der Waals surface area contributed by atoms with Gasteiger partial charge in [-0.15, -0.1) is 5.10 Å². The molecule has 9 nitrogen and oxygen atoms in total. The third kappa shape index (κ3) is 12.2. The number of carbonyl (C=O) groups is 2. The van der Waals surface area contributed by atoms with Gasteiger partial charge in [0, 0.05) is 5.41 Å². The molecule has 0 bridgehead atoms. The molecule has 0 aromatic carbocycles. The Morgan fingerprint density at radius 2 is 1.72 bits per heavy atom. The Labute approximate surface area is 173 Å². The third-order valence-electron chi connectivity index (χ3n) is 3.99. The molecular weight excluding hydrogens is 376 g/mol. The molecule has 1 aromatic rings. The van der Waals surface area contributed by atoms with Crippen molar-refractivity contribution >= 4 is 11.9 Å². The Morgan fingerprint density at radius 1 is 1.03 bits per heavy atom. The van der Waals surface area contributed by atoms with Crippen LogP contribution in [0.1, 0.15) is 53.7 Å². The first kappa shape index (κ1) is 25.0. The van der Waals surface area contributed by atoms with E-state index < -0.39 is 6.09 Å². The maximum atomic E-state index is 11.7. The molecule has 0 saturated carbocycles. The lowest BCUT2D eigenvalue weighted by molar-refractivity contribution is -0.131. The van der Waals surface area contributed by atoms with E-state index in [0.717, 1.165) is 6.42 Å². The van der Waals surface area contributed by atoms with E-state index in [1.165, 1.54) is 0 Å². The summed E-state index contributed by atoms with van der Waals surface area (Å²) >= 11 is 0.